The van der Waals surface area contributed by atoms with Gasteiger partial charge in [0.2, 0.25) is 11.8 Å². The number of amides is 1. The molecule has 7 nitrogen and oxygen atoms in total. The molecule has 2 aromatic rings. The molecule has 0 N–H and O–H groups in total. The number of fused-ring (bicyclic) bond motifs is 1. The van der Waals surface area contributed by atoms with E-state index >= 15 is 0 Å². The number of esters is 1. The molecule has 1 aromatic carbocycles. The standard InChI is InChI=1S/C26H35N3O4/c1-14-10-19-20(11-15(14)2)27-22(17-8-9-17)28-23(19)33-18-12-21(25(31)32-7)29(13-18)24(30)16(3)26(4,5)6/h10-11,16-18,21H,8-9,12-13H2,1-7H3/t16-,18?,21?/m1/s1. The predicted molar refractivity (Wildman–Crippen MR) is 126 cm³/mol. The minimum atomic E-state index is -0.655. The second-order valence-corrected chi connectivity index (χ2v) is 10.7. The number of hydrogen-bond donors (Lipinski definition) is 0. The first-order valence-electron chi connectivity index (χ1n) is 11.8. The van der Waals surface area contributed by atoms with Gasteiger partial charge < -0.3 is 14.4 Å². The van der Waals surface area contributed by atoms with Crippen LogP contribution in [0.4, 0.5) is 0 Å². The Hall–Kier alpha value is -2.70. The molecule has 2 heterocycles. The zero-order chi connectivity index (χ0) is 24.1. The van der Waals surface area contributed by atoms with Gasteiger partial charge in [-0.15, -0.1) is 0 Å². The second kappa shape index (κ2) is 8.58. The fourth-order valence-electron chi connectivity index (χ4n) is 4.25. The summed E-state index contributed by atoms with van der Waals surface area (Å²) in [7, 11) is 1.36. The molecule has 2 aliphatic rings. The van der Waals surface area contributed by atoms with E-state index in [4.69, 9.17) is 19.4 Å². The van der Waals surface area contributed by atoms with Crippen LogP contribution in [0.2, 0.25) is 0 Å². The quantitative estimate of drug-likeness (QED) is 0.627. The molecule has 1 aliphatic carbocycles. The maximum absolute atomic E-state index is 13.3. The van der Waals surface area contributed by atoms with Gasteiger partial charge in [0.05, 0.1) is 24.6 Å². The Morgan fingerprint density at radius 1 is 1.12 bits per heavy atom. The third-order valence-corrected chi connectivity index (χ3v) is 7.20. The van der Waals surface area contributed by atoms with Gasteiger partial charge in [-0.1, -0.05) is 27.7 Å². The maximum atomic E-state index is 13.3. The van der Waals surface area contributed by atoms with Crippen molar-refractivity contribution >= 4 is 22.8 Å². The number of aromatic nitrogens is 2. The van der Waals surface area contributed by atoms with Gasteiger partial charge >= 0.3 is 5.97 Å². The van der Waals surface area contributed by atoms with E-state index in [1.807, 2.05) is 27.7 Å². The summed E-state index contributed by atoms with van der Waals surface area (Å²) in [5.74, 6) is 1.04. The highest BCUT2D eigenvalue weighted by Gasteiger charge is 2.44. The molecular weight excluding hydrogens is 418 g/mol. The highest BCUT2D eigenvalue weighted by Crippen LogP contribution is 2.40. The molecule has 2 fully saturated rings. The molecule has 1 saturated carbocycles. The van der Waals surface area contributed by atoms with Gasteiger partial charge in [0.25, 0.3) is 0 Å². The summed E-state index contributed by atoms with van der Waals surface area (Å²) >= 11 is 0. The van der Waals surface area contributed by atoms with Crippen LogP contribution < -0.4 is 4.74 Å². The molecule has 1 saturated heterocycles. The molecule has 1 amide bonds. The minimum Gasteiger partial charge on any atom is -0.472 e. The summed E-state index contributed by atoms with van der Waals surface area (Å²) in [6.45, 7) is 12.5. The third kappa shape index (κ3) is 4.68. The molecule has 0 radical (unpaired) electrons. The molecule has 33 heavy (non-hydrogen) atoms. The lowest BCUT2D eigenvalue weighted by Crippen LogP contribution is -2.46. The fourth-order valence-corrected chi connectivity index (χ4v) is 4.25. The zero-order valence-electron chi connectivity index (χ0n) is 20.8. The average Bonchev–Trinajstić information content (AvgIpc) is 3.52. The number of methoxy groups -OCH3 is 1. The Morgan fingerprint density at radius 2 is 1.79 bits per heavy atom. The monoisotopic (exact) mass is 453 g/mol. The molecule has 7 heteroatoms. The first kappa shape index (κ1) is 23.5. The zero-order valence-corrected chi connectivity index (χ0v) is 20.8. The van der Waals surface area contributed by atoms with Crippen LogP contribution in [-0.4, -0.2) is 52.5 Å². The van der Waals surface area contributed by atoms with Crippen molar-refractivity contribution in [3.05, 3.63) is 29.1 Å². The lowest BCUT2D eigenvalue weighted by molar-refractivity contribution is -0.153. The SMILES string of the molecule is COC(=O)C1CC(Oc2nc(C3CC3)nc3cc(C)c(C)cc23)CN1C(=O)[C@@H](C)C(C)(C)C. The minimum absolute atomic E-state index is 0.0540. The number of benzene rings is 1. The average molecular weight is 454 g/mol. The van der Waals surface area contributed by atoms with Gasteiger partial charge in [0.1, 0.15) is 18.0 Å². The van der Waals surface area contributed by atoms with Gasteiger partial charge in [-0.25, -0.2) is 9.78 Å². The van der Waals surface area contributed by atoms with E-state index in [1.54, 1.807) is 4.90 Å². The van der Waals surface area contributed by atoms with Crippen LogP contribution in [0.1, 0.15) is 69.8 Å². The van der Waals surface area contributed by atoms with E-state index in [0.29, 0.717) is 24.8 Å². The Bertz CT molecular complexity index is 1090. The van der Waals surface area contributed by atoms with Crippen molar-refractivity contribution in [3.8, 4) is 5.88 Å². The lowest BCUT2D eigenvalue weighted by atomic mass is 9.81. The molecule has 178 valence electrons. The highest BCUT2D eigenvalue weighted by atomic mass is 16.5. The summed E-state index contributed by atoms with van der Waals surface area (Å²) in [6, 6.07) is 3.49. The first-order chi connectivity index (χ1) is 15.5. The molecule has 2 unspecified atom stereocenters. The third-order valence-electron chi connectivity index (χ3n) is 7.20. The number of nitrogens with zero attached hydrogens (tertiary/aromatic N) is 3. The van der Waals surface area contributed by atoms with E-state index < -0.39 is 12.0 Å². The normalized spacial score (nSPS) is 21.8. The fraction of sp³-hybridized carbons (Fsp3) is 0.615. The highest BCUT2D eigenvalue weighted by molar-refractivity contribution is 5.87. The number of rotatable bonds is 5. The van der Waals surface area contributed by atoms with Gasteiger partial charge in [-0.05, 0) is 55.4 Å². The number of ether oxygens (including phenoxy) is 2. The summed E-state index contributed by atoms with van der Waals surface area (Å²) in [4.78, 5) is 37.1. The van der Waals surface area contributed by atoms with Crippen molar-refractivity contribution in [2.24, 2.45) is 11.3 Å². The summed E-state index contributed by atoms with van der Waals surface area (Å²) in [5.41, 5.74) is 2.98. The maximum Gasteiger partial charge on any atom is 0.328 e. The Labute approximate surface area is 195 Å². The van der Waals surface area contributed by atoms with Crippen molar-refractivity contribution < 1.29 is 19.1 Å². The number of carbonyl (C=O) groups is 2. The molecule has 0 spiro atoms. The number of hydrogen-bond acceptors (Lipinski definition) is 6. The van der Waals surface area contributed by atoms with Crippen molar-refractivity contribution in [1.29, 1.82) is 0 Å². The van der Waals surface area contributed by atoms with E-state index in [-0.39, 0.29) is 23.3 Å². The smallest absolute Gasteiger partial charge is 0.328 e. The van der Waals surface area contributed by atoms with Crippen LogP contribution in [0.25, 0.3) is 10.9 Å². The topological polar surface area (TPSA) is 81.6 Å². The molecule has 0 bridgehead atoms. The number of likely N-dealkylation sites (tertiary alicyclic amines) is 1. The van der Waals surface area contributed by atoms with Crippen LogP contribution in [0.15, 0.2) is 12.1 Å². The van der Waals surface area contributed by atoms with E-state index in [9.17, 15) is 9.59 Å². The van der Waals surface area contributed by atoms with E-state index in [1.165, 1.54) is 12.7 Å². The van der Waals surface area contributed by atoms with Gasteiger partial charge in [0, 0.05) is 18.3 Å². The molecule has 3 atom stereocenters. The Balaban J connectivity index is 1.65. The molecule has 4 rings (SSSR count). The Kier molecular flexibility index (Phi) is 6.10. The van der Waals surface area contributed by atoms with Crippen LogP contribution in [0.5, 0.6) is 5.88 Å². The van der Waals surface area contributed by atoms with E-state index in [0.717, 1.165) is 35.1 Å². The van der Waals surface area contributed by atoms with Crippen LogP contribution >= 0.6 is 0 Å². The summed E-state index contributed by atoms with van der Waals surface area (Å²) in [5, 5.41) is 0.866. The van der Waals surface area contributed by atoms with Gasteiger partial charge in [-0.2, -0.15) is 4.98 Å². The van der Waals surface area contributed by atoms with E-state index in [2.05, 4.69) is 26.0 Å². The van der Waals surface area contributed by atoms with Crippen LogP contribution in [0.3, 0.4) is 0 Å². The van der Waals surface area contributed by atoms with Crippen molar-refractivity contribution in [3.63, 3.8) is 0 Å². The van der Waals surface area contributed by atoms with Crippen LogP contribution in [-0.2, 0) is 14.3 Å². The first-order valence-corrected chi connectivity index (χ1v) is 11.8. The number of carbonyl (C=O) groups excluding carboxylic acids is 2. The van der Waals surface area contributed by atoms with Gasteiger partial charge in [-0.3, -0.25) is 4.79 Å². The second-order valence-electron chi connectivity index (χ2n) is 10.7. The Morgan fingerprint density at radius 3 is 2.39 bits per heavy atom. The van der Waals surface area contributed by atoms with Crippen molar-refractivity contribution in [1.82, 2.24) is 14.9 Å². The van der Waals surface area contributed by atoms with Crippen molar-refractivity contribution in [2.75, 3.05) is 13.7 Å². The molecular formula is C26H35N3O4. The van der Waals surface area contributed by atoms with Crippen molar-refractivity contribution in [2.45, 2.75) is 78.9 Å². The predicted octanol–water partition coefficient (Wildman–Crippen LogP) is 4.33. The number of aryl methyl sites for hydroxylation is 2. The lowest BCUT2D eigenvalue weighted by Gasteiger charge is -2.32. The molecule has 1 aliphatic heterocycles. The van der Waals surface area contributed by atoms with Gasteiger partial charge in [0.15, 0.2) is 0 Å². The molecule has 1 aromatic heterocycles. The largest absolute Gasteiger partial charge is 0.472 e. The summed E-state index contributed by atoms with van der Waals surface area (Å²) < 4.78 is 11.4. The summed E-state index contributed by atoms with van der Waals surface area (Å²) in [6.07, 6.45) is 2.22. The van der Waals surface area contributed by atoms with Crippen LogP contribution in [0, 0.1) is 25.2 Å².